The van der Waals surface area contributed by atoms with Crippen LogP contribution in [0.5, 0.6) is 0 Å². The van der Waals surface area contributed by atoms with Crippen molar-refractivity contribution in [3.05, 3.63) is 24.3 Å². The van der Waals surface area contributed by atoms with E-state index in [-0.39, 0.29) is 33.9 Å². The molecule has 0 aromatic heterocycles. The standard InChI is InChI=1S/C30H50O2/c1-19-9-13-23-27(3,4)25(31)15-17-29(23,7)21(19)11-12-22-20(2)10-14-24-28(5,6)26(32)16-18-30(22,24)8/h21-26,31-32H,1-2,9-18H2,3-8H3/t21-,22+,23-,24-,25-,26-,29+,30+/m0/s1. The average Bonchev–Trinajstić information content (AvgIpc) is 2.69. The van der Waals surface area contributed by atoms with Crippen molar-refractivity contribution in [1.29, 1.82) is 0 Å². The molecule has 0 aromatic carbocycles. The molecule has 0 bridgehead atoms. The van der Waals surface area contributed by atoms with E-state index in [1.807, 2.05) is 0 Å². The molecule has 0 aromatic rings. The maximum absolute atomic E-state index is 10.8. The monoisotopic (exact) mass is 442 g/mol. The molecular formula is C30H50O2. The topological polar surface area (TPSA) is 40.5 Å². The third-order valence-electron chi connectivity index (χ3n) is 11.8. The van der Waals surface area contributed by atoms with Gasteiger partial charge in [-0.05, 0) is 110 Å². The van der Waals surface area contributed by atoms with Gasteiger partial charge in [0.15, 0.2) is 0 Å². The van der Waals surface area contributed by atoms with Crippen LogP contribution in [0.15, 0.2) is 24.3 Å². The van der Waals surface area contributed by atoms with Gasteiger partial charge in [-0.25, -0.2) is 0 Å². The van der Waals surface area contributed by atoms with Crippen molar-refractivity contribution in [1.82, 2.24) is 0 Å². The first-order valence-corrected chi connectivity index (χ1v) is 13.5. The van der Waals surface area contributed by atoms with Crippen molar-refractivity contribution in [2.24, 2.45) is 45.3 Å². The lowest BCUT2D eigenvalue weighted by Gasteiger charge is -2.61. The molecule has 8 atom stereocenters. The van der Waals surface area contributed by atoms with E-state index in [1.165, 1.54) is 36.8 Å². The molecule has 182 valence electrons. The van der Waals surface area contributed by atoms with E-state index in [2.05, 4.69) is 54.7 Å². The van der Waals surface area contributed by atoms with Gasteiger partial charge in [-0.3, -0.25) is 0 Å². The van der Waals surface area contributed by atoms with Crippen LogP contribution in [-0.2, 0) is 0 Å². The van der Waals surface area contributed by atoms with Crippen LogP contribution in [0.2, 0.25) is 0 Å². The third-order valence-corrected chi connectivity index (χ3v) is 11.8. The maximum atomic E-state index is 10.8. The molecule has 4 rings (SSSR count). The van der Waals surface area contributed by atoms with Crippen LogP contribution >= 0.6 is 0 Å². The average molecular weight is 443 g/mol. The molecule has 0 aliphatic heterocycles. The Morgan fingerprint density at radius 3 is 1.34 bits per heavy atom. The third kappa shape index (κ3) is 3.49. The summed E-state index contributed by atoms with van der Waals surface area (Å²) in [5, 5.41) is 21.6. The number of rotatable bonds is 3. The van der Waals surface area contributed by atoms with Gasteiger partial charge in [0.05, 0.1) is 12.2 Å². The van der Waals surface area contributed by atoms with Crippen LogP contribution < -0.4 is 0 Å². The van der Waals surface area contributed by atoms with Crippen LogP contribution in [0, 0.1) is 45.3 Å². The minimum absolute atomic E-state index is 0.0129. The Morgan fingerprint density at radius 2 is 1.00 bits per heavy atom. The number of aliphatic hydroxyl groups is 2. The smallest absolute Gasteiger partial charge is 0.0594 e. The molecule has 4 aliphatic carbocycles. The summed E-state index contributed by atoms with van der Waals surface area (Å²) in [6, 6.07) is 0. The van der Waals surface area contributed by atoms with Gasteiger partial charge in [0.1, 0.15) is 0 Å². The van der Waals surface area contributed by atoms with Gasteiger partial charge >= 0.3 is 0 Å². The molecule has 4 aliphatic rings. The zero-order chi connectivity index (χ0) is 23.7. The molecule has 0 radical (unpaired) electrons. The largest absolute Gasteiger partial charge is 0.393 e. The first-order valence-electron chi connectivity index (χ1n) is 13.5. The Bertz CT molecular complexity index is 699. The number of hydrogen-bond donors (Lipinski definition) is 2. The van der Waals surface area contributed by atoms with E-state index in [9.17, 15) is 10.2 Å². The lowest BCUT2D eigenvalue weighted by atomic mass is 9.44. The second-order valence-corrected chi connectivity index (χ2v) is 13.9. The lowest BCUT2D eigenvalue weighted by Crippen LogP contribution is -2.56. The second kappa shape index (κ2) is 7.98. The van der Waals surface area contributed by atoms with Gasteiger partial charge in [-0.1, -0.05) is 65.8 Å². The molecule has 2 nitrogen and oxygen atoms in total. The highest BCUT2D eigenvalue weighted by Crippen LogP contribution is 2.64. The molecule has 0 amide bonds. The van der Waals surface area contributed by atoms with Crippen molar-refractivity contribution in [3.63, 3.8) is 0 Å². The zero-order valence-corrected chi connectivity index (χ0v) is 21.8. The summed E-state index contributed by atoms with van der Waals surface area (Å²) in [7, 11) is 0. The summed E-state index contributed by atoms with van der Waals surface area (Å²) in [6.07, 6.45) is 10.7. The highest BCUT2D eigenvalue weighted by molar-refractivity contribution is 5.20. The summed E-state index contributed by atoms with van der Waals surface area (Å²) in [4.78, 5) is 0. The highest BCUT2D eigenvalue weighted by Gasteiger charge is 2.58. The Morgan fingerprint density at radius 1 is 0.656 bits per heavy atom. The summed E-state index contributed by atoms with van der Waals surface area (Å²) >= 11 is 0. The van der Waals surface area contributed by atoms with Crippen LogP contribution in [0.1, 0.15) is 106 Å². The van der Waals surface area contributed by atoms with E-state index in [1.54, 1.807) is 0 Å². The fourth-order valence-corrected chi connectivity index (χ4v) is 9.73. The van der Waals surface area contributed by atoms with E-state index >= 15 is 0 Å². The molecule has 0 heterocycles. The number of fused-ring (bicyclic) bond motifs is 2. The molecule has 0 saturated heterocycles. The minimum Gasteiger partial charge on any atom is -0.393 e. The Hall–Kier alpha value is -0.600. The number of allylic oxidation sites excluding steroid dienone is 2. The van der Waals surface area contributed by atoms with Gasteiger partial charge in [0, 0.05) is 0 Å². The van der Waals surface area contributed by atoms with Gasteiger partial charge in [0.25, 0.3) is 0 Å². The predicted octanol–water partition coefficient (Wildman–Crippen LogP) is 7.31. The summed E-state index contributed by atoms with van der Waals surface area (Å²) in [5.41, 5.74) is 3.38. The Labute approximate surface area is 198 Å². The SMILES string of the molecule is C=C1CC[C@H]2C(C)(C)[C@@H](O)CC[C@]2(C)[C@@H]1CC[C@H]1C(=C)CC[C@H]2C(C)(C)[C@@H](O)CC[C@]12C. The summed E-state index contributed by atoms with van der Waals surface area (Å²) < 4.78 is 0. The van der Waals surface area contributed by atoms with Gasteiger partial charge in [0.2, 0.25) is 0 Å². The second-order valence-electron chi connectivity index (χ2n) is 13.9. The number of aliphatic hydroxyl groups excluding tert-OH is 2. The molecule has 4 saturated carbocycles. The first-order chi connectivity index (χ1) is 14.8. The maximum Gasteiger partial charge on any atom is 0.0594 e. The van der Waals surface area contributed by atoms with Crippen molar-refractivity contribution >= 4 is 0 Å². The van der Waals surface area contributed by atoms with Gasteiger partial charge < -0.3 is 10.2 Å². The molecular weight excluding hydrogens is 392 g/mol. The zero-order valence-electron chi connectivity index (χ0n) is 21.8. The highest BCUT2D eigenvalue weighted by atomic mass is 16.3. The molecule has 2 heteroatoms. The van der Waals surface area contributed by atoms with E-state index in [4.69, 9.17) is 0 Å². The van der Waals surface area contributed by atoms with Crippen LogP contribution in [0.4, 0.5) is 0 Å². The lowest BCUT2D eigenvalue weighted by molar-refractivity contribution is -0.134. The molecule has 4 fully saturated rings. The Kier molecular flexibility index (Phi) is 6.11. The van der Waals surface area contributed by atoms with Crippen molar-refractivity contribution in [2.45, 2.75) is 118 Å². The summed E-state index contributed by atoms with van der Waals surface area (Å²) in [5.74, 6) is 2.23. The van der Waals surface area contributed by atoms with Crippen molar-refractivity contribution in [2.75, 3.05) is 0 Å². The van der Waals surface area contributed by atoms with E-state index < -0.39 is 0 Å². The quantitative estimate of drug-likeness (QED) is 0.450. The summed E-state index contributed by atoms with van der Waals surface area (Å²) in [6.45, 7) is 23.4. The van der Waals surface area contributed by atoms with E-state index in [0.717, 1.165) is 38.5 Å². The van der Waals surface area contributed by atoms with Crippen molar-refractivity contribution in [3.8, 4) is 0 Å². The Balaban J connectivity index is 1.57. The predicted molar refractivity (Wildman–Crippen MR) is 134 cm³/mol. The van der Waals surface area contributed by atoms with Crippen molar-refractivity contribution < 1.29 is 10.2 Å². The minimum atomic E-state index is -0.179. The normalized spacial score (nSPS) is 48.1. The molecule has 0 unspecified atom stereocenters. The van der Waals surface area contributed by atoms with Gasteiger partial charge in [-0.2, -0.15) is 0 Å². The molecule has 2 N–H and O–H groups in total. The van der Waals surface area contributed by atoms with Gasteiger partial charge in [-0.15, -0.1) is 0 Å². The first kappa shape index (κ1) is 24.5. The fraction of sp³-hybridized carbons (Fsp3) is 0.867. The van der Waals surface area contributed by atoms with Crippen LogP contribution in [0.25, 0.3) is 0 Å². The number of hydrogen-bond acceptors (Lipinski definition) is 2. The molecule has 0 spiro atoms. The van der Waals surface area contributed by atoms with E-state index in [0.29, 0.717) is 23.7 Å². The van der Waals surface area contributed by atoms with Crippen LogP contribution in [-0.4, -0.2) is 22.4 Å². The fourth-order valence-electron chi connectivity index (χ4n) is 9.73. The molecule has 32 heavy (non-hydrogen) atoms. The van der Waals surface area contributed by atoms with Crippen LogP contribution in [0.3, 0.4) is 0 Å².